The van der Waals surface area contributed by atoms with Crippen LogP contribution in [-0.2, 0) is 0 Å². The van der Waals surface area contributed by atoms with Crippen molar-refractivity contribution in [3.05, 3.63) is 99.5 Å². The first-order chi connectivity index (χ1) is 13.5. The van der Waals surface area contributed by atoms with Crippen LogP contribution in [0.4, 0.5) is 5.69 Å². The van der Waals surface area contributed by atoms with Crippen LogP contribution in [0.2, 0.25) is 0 Å². The molecule has 0 saturated heterocycles. The zero-order valence-corrected chi connectivity index (χ0v) is 15.1. The molecule has 2 heterocycles. The van der Waals surface area contributed by atoms with Crippen LogP contribution in [0.5, 0.6) is 0 Å². The first-order valence-corrected chi connectivity index (χ1v) is 8.79. The van der Waals surface area contributed by atoms with Crippen LogP contribution in [0, 0.1) is 17.0 Å². The number of non-ortho nitro benzene ring substituents is 1. The van der Waals surface area contributed by atoms with Gasteiger partial charge in [0, 0.05) is 24.1 Å². The van der Waals surface area contributed by atoms with E-state index in [9.17, 15) is 14.9 Å². The van der Waals surface area contributed by atoms with Gasteiger partial charge in [0.15, 0.2) is 0 Å². The SMILES string of the molecule is Cc1ccc(C(=O)N2N=C(c3ccc([N+](=O)[O-])cc3)CC2c2ccco2)cc1. The molecule has 7 nitrogen and oxygen atoms in total. The second-order valence-corrected chi connectivity index (χ2v) is 6.60. The maximum Gasteiger partial charge on any atom is 0.274 e. The molecule has 0 fully saturated rings. The Morgan fingerprint density at radius 1 is 1.14 bits per heavy atom. The minimum Gasteiger partial charge on any atom is -0.467 e. The fourth-order valence-electron chi connectivity index (χ4n) is 3.18. The van der Waals surface area contributed by atoms with Gasteiger partial charge in [0.2, 0.25) is 0 Å². The van der Waals surface area contributed by atoms with Crippen molar-refractivity contribution in [2.75, 3.05) is 0 Å². The molecule has 4 rings (SSSR count). The van der Waals surface area contributed by atoms with Crippen LogP contribution in [-0.4, -0.2) is 21.6 Å². The molecule has 0 N–H and O–H groups in total. The lowest BCUT2D eigenvalue weighted by atomic mass is 10.0. The molecule has 1 amide bonds. The van der Waals surface area contributed by atoms with Gasteiger partial charge in [0.1, 0.15) is 11.8 Å². The van der Waals surface area contributed by atoms with Gasteiger partial charge in [-0.1, -0.05) is 17.7 Å². The van der Waals surface area contributed by atoms with Crippen molar-refractivity contribution in [1.82, 2.24) is 5.01 Å². The lowest BCUT2D eigenvalue weighted by Crippen LogP contribution is -2.26. The monoisotopic (exact) mass is 375 g/mol. The van der Waals surface area contributed by atoms with E-state index in [0.717, 1.165) is 11.1 Å². The van der Waals surface area contributed by atoms with Gasteiger partial charge < -0.3 is 4.42 Å². The molecular weight excluding hydrogens is 358 g/mol. The predicted octanol–water partition coefficient (Wildman–Crippen LogP) is 4.49. The highest BCUT2D eigenvalue weighted by atomic mass is 16.6. The number of carbonyl (C=O) groups is 1. The second kappa shape index (κ2) is 7.11. The molecule has 0 aliphatic carbocycles. The molecule has 1 aliphatic rings. The molecule has 0 spiro atoms. The van der Waals surface area contributed by atoms with Gasteiger partial charge in [-0.25, -0.2) is 5.01 Å². The number of nitro groups is 1. The molecule has 2 aromatic carbocycles. The normalized spacial score (nSPS) is 16.1. The van der Waals surface area contributed by atoms with Gasteiger partial charge in [-0.2, -0.15) is 5.10 Å². The Balaban J connectivity index is 1.69. The van der Waals surface area contributed by atoms with Crippen molar-refractivity contribution in [3.8, 4) is 0 Å². The quantitative estimate of drug-likeness (QED) is 0.496. The standard InChI is InChI=1S/C21H17N3O4/c1-14-4-6-16(7-5-14)21(25)23-19(20-3-2-12-28-20)13-18(22-23)15-8-10-17(11-9-15)24(26)27/h2-12,19H,13H2,1H3. The molecule has 1 unspecified atom stereocenters. The summed E-state index contributed by atoms with van der Waals surface area (Å²) in [4.78, 5) is 23.5. The summed E-state index contributed by atoms with van der Waals surface area (Å²) >= 11 is 0. The molecule has 0 saturated carbocycles. The maximum atomic E-state index is 13.1. The Hall–Kier alpha value is -3.74. The van der Waals surface area contributed by atoms with Crippen LogP contribution >= 0.6 is 0 Å². The number of aryl methyl sites for hydroxylation is 1. The van der Waals surface area contributed by atoms with Crippen molar-refractivity contribution >= 4 is 17.3 Å². The van der Waals surface area contributed by atoms with E-state index in [2.05, 4.69) is 5.10 Å². The Morgan fingerprint density at radius 2 is 1.86 bits per heavy atom. The predicted molar refractivity (Wildman–Crippen MR) is 103 cm³/mol. The fourth-order valence-corrected chi connectivity index (χ4v) is 3.18. The molecule has 0 radical (unpaired) electrons. The summed E-state index contributed by atoms with van der Waals surface area (Å²) in [6, 6.07) is 16.7. The third-order valence-electron chi connectivity index (χ3n) is 4.70. The molecule has 1 aromatic heterocycles. The number of hydrazone groups is 1. The lowest BCUT2D eigenvalue weighted by Gasteiger charge is -2.20. The minimum absolute atomic E-state index is 0.0116. The van der Waals surface area contributed by atoms with Crippen LogP contribution in [0.25, 0.3) is 0 Å². The Morgan fingerprint density at radius 3 is 2.46 bits per heavy atom. The number of hydrogen-bond donors (Lipinski definition) is 0. The number of furan rings is 1. The first kappa shape index (κ1) is 17.7. The highest BCUT2D eigenvalue weighted by molar-refractivity contribution is 6.05. The fraction of sp³-hybridized carbons (Fsp3) is 0.143. The van der Waals surface area contributed by atoms with Gasteiger partial charge >= 0.3 is 0 Å². The van der Waals surface area contributed by atoms with E-state index in [0.29, 0.717) is 23.5 Å². The highest BCUT2D eigenvalue weighted by Crippen LogP contribution is 2.34. The lowest BCUT2D eigenvalue weighted by molar-refractivity contribution is -0.384. The molecule has 140 valence electrons. The third-order valence-corrected chi connectivity index (χ3v) is 4.70. The van der Waals surface area contributed by atoms with Gasteiger partial charge in [-0.3, -0.25) is 14.9 Å². The summed E-state index contributed by atoms with van der Waals surface area (Å²) in [5, 5.41) is 16.8. The van der Waals surface area contributed by atoms with Crippen LogP contribution in [0.3, 0.4) is 0 Å². The van der Waals surface area contributed by atoms with E-state index >= 15 is 0 Å². The van der Waals surface area contributed by atoms with Gasteiger partial charge in [-0.05, 0) is 48.9 Å². The van der Waals surface area contributed by atoms with Crippen molar-refractivity contribution < 1.29 is 14.1 Å². The molecule has 0 bridgehead atoms. The maximum absolute atomic E-state index is 13.1. The van der Waals surface area contributed by atoms with E-state index in [4.69, 9.17) is 4.42 Å². The van der Waals surface area contributed by atoms with Crippen LogP contribution in [0.15, 0.2) is 76.4 Å². The van der Waals surface area contributed by atoms with Gasteiger partial charge in [0.25, 0.3) is 11.6 Å². The molecule has 3 aromatic rings. The summed E-state index contributed by atoms with van der Waals surface area (Å²) in [7, 11) is 0. The second-order valence-electron chi connectivity index (χ2n) is 6.60. The topological polar surface area (TPSA) is 89.0 Å². The summed E-state index contributed by atoms with van der Waals surface area (Å²) in [5.41, 5.74) is 3.03. The molecule has 28 heavy (non-hydrogen) atoms. The molecular formula is C21H17N3O4. The summed E-state index contributed by atoms with van der Waals surface area (Å²) in [5.74, 6) is 0.416. The Bertz CT molecular complexity index is 1040. The largest absolute Gasteiger partial charge is 0.467 e. The van der Waals surface area contributed by atoms with E-state index in [-0.39, 0.29) is 17.6 Å². The van der Waals surface area contributed by atoms with Gasteiger partial charge in [0.05, 0.1) is 16.9 Å². The van der Waals surface area contributed by atoms with Crippen molar-refractivity contribution in [1.29, 1.82) is 0 Å². The van der Waals surface area contributed by atoms with Gasteiger partial charge in [-0.15, -0.1) is 0 Å². The Labute approximate surface area is 161 Å². The van der Waals surface area contributed by atoms with Crippen LogP contribution in [0.1, 0.15) is 39.7 Å². The summed E-state index contributed by atoms with van der Waals surface area (Å²) in [6.07, 6.45) is 2.02. The number of carbonyl (C=O) groups excluding carboxylic acids is 1. The van der Waals surface area contributed by atoms with Crippen molar-refractivity contribution in [3.63, 3.8) is 0 Å². The zero-order valence-electron chi connectivity index (χ0n) is 15.1. The molecule has 1 atom stereocenters. The molecule has 7 heteroatoms. The number of hydrogen-bond acceptors (Lipinski definition) is 5. The van der Waals surface area contributed by atoms with E-state index in [1.165, 1.54) is 17.1 Å². The van der Waals surface area contributed by atoms with E-state index in [1.54, 1.807) is 36.6 Å². The summed E-state index contributed by atoms with van der Waals surface area (Å²) in [6.45, 7) is 1.96. The average molecular weight is 375 g/mol. The summed E-state index contributed by atoms with van der Waals surface area (Å²) < 4.78 is 5.53. The highest BCUT2D eigenvalue weighted by Gasteiger charge is 2.35. The molecule has 1 aliphatic heterocycles. The van der Waals surface area contributed by atoms with Crippen LogP contribution < -0.4 is 0 Å². The number of benzene rings is 2. The van der Waals surface area contributed by atoms with E-state index in [1.807, 2.05) is 25.1 Å². The zero-order chi connectivity index (χ0) is 19.7. The minimum atomic E-state index is -0.445. The van der Waals surface area contributed by atoms with E-state index < -0.39 is 4.92 Å². The Kier molecular flexibility index (Phi) is 4.49. The smallest absolute Gasteiger partial charge is 0.274 e. The number of rotatable bonds is 4. The van der Waals surface area contributed by atoms with Crippen molar-refractivity contribution in [2.24, 2.45) is 5.10 Å². The number of nitro benzene ring substituents is 1. The number of amides is 1. The first-order valence-electron chi connectivity index (χ1n) is 8.79. The average Bonchev–Trinajstić information content (AvgIpc) is 3.38. The number of nitrogens with zero attached hydrogens (tertiary/aromatic N) is 3. The third kappa shape index (κ3) is 3.29. The van der Waals surface area contributed by atoms with Crippen molar-refractivity contribution in [2.45, 2.75) is 19.4 Å².